The van der Waals surface area contributed by atoms with Crippen LogP contribution in [0, 0.1) is 6.92 Å². The van der Waals surface area contributed by atoms with Gasteiger partial charge >= 0.3 is 0 Å². The molecular weight excluding hydrogens is 586 g/mol. The fourth-order valence-electron chi connectivity index (χ4n) is 8.93. The first kappa shape index (κ1) is 28.8. The number of nitrogens with zero attached hydrogens (tertiary/aromatic N) is 8. The van der Waals surface area contributed by atoms with Crippen LogP contribution in [0.25, 0.3) is 27.5 Å². The molecule has 5 aromatic rings. The molecule has 6 atom stereocenters. The lowest BCUT2D eigenvalue weighted by atomic mass is 9.98. The quantitative estimate of drug-likeness (QED) is 0.202. The predicted molar refractivity (Wildman–Crippen MR) is 187 cm³/mol. The van der Waals surface area contributed by atoms with Crippen LogP contribution in [0.3, 0.4) is 0 Å². The average molecular weight is 630 g/mol. The van der Waals surface area contributed by atoms with E-state index in [1.165, 1.54) is 25.7 Å². The minimum absolute atomic E-state index is 0.400. The molecule has 4 aliphatic rings. The molecule has 5 aromatic heterocycles. The molecule has 4 fully saturated rings. The Morgan fingerprint density at radius 3 is 2.00 bits per heavy atom. The van der Waals surface area contributed by atoms with Crippen molar-refractivity contribution in [2.45, 2.75) is 94.5 Å². The zero-order chi connectivity index (χ0) is 31.6. The van der Waals surface area contributed by atoms with E-state index in [-0.39, 0.29) is 0 Å². The molecule has 0 aliphatic carbocycles. The Bertz CT molecular complexity index is 1930. The van der Waals surface area contributed by atoms with Crippen molar-refractivity contribution in [1.29, 1.82) is 0 Å². The third kappa shape index (κ3) is 5.16. The van der Waals surface area contributed by atoms with Gasteiger partial charge in [-0.05, 0) is 96.7 Å². The van der Waals surface area contributed by atoms with Crippen LogP contribution in [0.5, 0.6) is 0 Å². The van der Waals surface area contributed by atoms with E-state index in [9.17, 15) is 0 Å². The van der Waals surface area contributed by atoms with E-state index in [0.29, 0.717) is 47.9 Å². The molecule has 0 spiro atoms. The molecule has 4 aliphatic heterocycles. The first-order chi connectivity index (χ1) is 23.0. The Labute approximate surface area is 275 Å². The SMILES string of the molecule is Cc1cc(Nc2cc3ncccc3c(NC3C[C@H]4CC[C@@H](C3)N4C)n2)nn1-c1cnc(NC2C[C@H]3CC[C@@H](C2)N3C)c2cccnc12. The van der Waals surface area contributed by atoms with Crippen LogP contribution in [0.4, 0.5) is 23.3 Å². The first-order valence-corrected chi connectivity index (χ1v) is 17.3. The van der Waals surface area contributed by atoms with Crippen molar-refractivity contribution in [3.63, 3.8) is 0 Å². The minimum Gasteiger partial charge on any atom is -0.367 e. The highest BCUT2D eigenvalue weighted by Crippen LogP contribution is 2.38. The molecule has 11 heteroatoms. The lowest BCUT2D eigenvalue weighted by molar-refractivity contribution is 0.169. The van der Waals surface area contributed by atoms with Gasteiger partial charge in [0.2, 0.25) is 0 Å². The molecular formula is C36H43N11. The van der Waals surface area contributed by atoms with Crippen LogP contribution < -0.4 is 16.0 Å². The zero-order valence-electron chi connectivity index (χ0n) is 27.4. The third-order valence-corrected chi connectivity index (χ3v) is 11.5. The van der Waals surface area contributed by atoms with E-state index in [4.69, 9.17) is 20.1 Å². The average Bonchev–Trinajstić information content (AvgIpc) is 3.58. The number of aryl methyl sites for hydroxylation is 1. The van der Waals surface area contributed by atoms with Crippen molar-refractivity contribution in [2.75, 3.05) is 30.0 Å². The molecule has 3 N–H and O–H groups in total. The number of rotatable bonds is 7. The van der Waals surface area contributed by atoms with Crippen LogP contribution >= 0.6 is 0 Å². The number of fused-ring (bicyclic) bond motifs is 6. The number of pyridine rings is 4. The third-order valence-electron chi connectivity index (χ3n) is 11.5. The Morgan fingerprint density at radius 2 is 1.32 bits per heavy atom. The van der Waals surface area contributed by atoms with Gasteiger partial charge in [-0.25, -0.2) is 14.6 Å². The summed E-state index contributed by atoms with van der Waals surface area (Å²) in [6.45, 7) is 2.06. The van der Waals surface area contributed by atoms with Crippen molar-refractivity contribution < 1.29 is 0 Å². The Balaban J connectivity index is 0.990. The van der Waals surface area contributed by atoms with Gasteiger partial charge in [-0.2, -0.15) is 0 Å². The molecule has 242 valence electrons. The van der Waals surface area contributed by atoms with Crippen LogP contribution in [0.1, 0.15) is 57.1 Å². The molecule has 2 unspecified atom stereocenters. The van der Waals surface area contributed by atoms with E-state index < -0.39 is 0 Å². The van der Waals surface area contributed by atoms with Crippen LogP contribution in [-0.4, -0.2) is 89.9 Å². The maximum absolute atomic E-state index is 5.07. The molecule has 0 amide bonds. The second-order valence-electron chi connectivity index (χ2n) is 14.3. The summed E-state index contributed by atoms with van der Waals surface area (Å²) in [7, 11) is 4.56. The van der Waals surface area contributed by atoms with Gasteiger partial charge in [0.05, 0.1) is 11.7 Å². The van der Waals surface area contributed by atoms with E-state index in [2.05, 4.69) is 63.9 Å². The zero-order valence-corrected chi connectivity index (χ0v) is 27.4. The van der Waals surface area contributed by atoms with E-state index in [1.54, 1.807) is 0 Å². The summed E-state index contributed by atoms with van der Waals surface area (Å²) >= 11 is 0. The van der Waals surface area contributed by atoms with Gasteiger partial charge in [0.1, 0.15) is 28.7 Å². The molecule has 9 heterocycles. The fourth-order valence-corrected chi connectivity index (χ4v) is 8.93. The number of aromatic nitrogens is 6. The summed E-state index contributed by atoms with van der Waals surface area (Å²) in [6.07, 6.45) is 15.3. The van der Waals surface area contributed by atoms with Gasteiger partial charge in [-0.15, -0.1) is 5.10 Å². The predicted octanol–water partition coefficient (Wildman–Crippen LogP) is 5.88. The highest BCUT2D eigenvalue weighted by atomic mass is 15.3. The van der Waals surface area contributed by atoms with Crippen LogP contribution in [-0.2, 0) is 0 Å². The van der Waals surface area contributed by atoms with Crippen molar-refractivity contribution in [3.8, 4) is 5.69 Å². The fraction of sp³-hybridized carbons (Fsp3) is 0.472. The standard InChI is InChI=1S/C36H43N11/c1-21-14-33(42-32-19-30-28(6-4-12-37-30)36(43-32)41-23-17-26-10-11-27(18-23)46(26)3)44-47(21)31-20-39-35(29-7-5-13-38-34(29)31)40-22-15-24-8-9-25(16-22)45(24)2/h4-7,12-14,19-20,22-27H,8-11,15-18H2,1-3H3,(H,39,40)(H2,41,42,43,44)/t22?,23?,24-,25+,26-,27+. The normalized spacial score (nSPS) is 27.5. The van der Waals surface area contributed by atoms with Gasteiger partial charge in [0, 0.05) is 77.2 Å². The lowest BCUT2D eigenvalue weighted by Crippen LogP contribution is -2.44. The molecule has 47 heavy (non-hydrogen) atoms. The smallest absolute Gasteiger partial charge is 0.154 e. The highest BCUT2D eigenvalue weighted by molar-refractivity contribution is 5.94. The van der Waals surface area contributed by atoms with Crippen molar-refractivity contribution in [2.24, 2.45) is 0 Å². The molecule has 11 nitrogen and oxygen atoms in total. The van der Waals surface area contributed by atoms with E-state index >= 15 is 0 Å². The number of nitrogens with one attached hydrogen (secondary N) is 3. The van der Waals surface area contributed by atoms with Crippen molar-refractivity contribution >= 4 is 45.1 Å². The van der Waals surface area contributed by atoms with Gasteiger partial charge in [0.25, 0.3) is 0 Å². The number of piperidine rings is 2. The molecule has 0 radical (unpaired) electrons. The van der Waals surface area contributed by atoms with Gasteiger partial charge in [0.15, 0.2) is 5.82 Å². The first-order valence-electron chi connectivity index (χ1n) is 17.3. The van der Waals surface area contributed by atoms with Gasteiger partial charge < -0.3 is 25.8 Å². The Morgan fingerprint density at radius 1 is 0.702 bits per heavy atom. The minimum atomic E-state index is 0.400. The molecule has 9 rings (SSSR count). The van der Waals surface area contributed by atoms with E-state index in [1.807, 2.05) is 47.5 Å². The van der Waals surface area contributed by atoms with Crippen LogP contribution in [0.2, 0.25) is 0 Å². The second-order valence-corrected chi connectivity index (χ2v) is 14.3. The molecule has 4 bridgehead atoms. The lowest BCUT2D eigenvalue weighted by Gasteiger charge is -2.37. The summed E-state index contributed by atoms with van der Waals surface area (Å²) in [5.41, 5.74) is 3.62. The maximum atomic E-state index is 5.07. The highest BCUT2D eigenvalue weighted by Gasteiger charge is 2.39. The van der Waals surface area contributed by atoms with Crippen molar-refractivity contribution in [1.82, 2.24) is 39.5 Å². The Kier molecular flexibility index (Phi) is 7.00. The summed E-state index contributed by atoms with van der Waals surface area (Å²) in [5.74, 6) is 3.21. The summed E-state index contributed by atoms with van der Waals surface area (Å²) in [5, 5.41) is 18.1. The summed E-state index contributed by atoms with van der Waals surface area (Å²) in [6, 6.07) is 15.7. The second kappa shape index (κ2) is 11.4. The summed E-state index contributed by atoms with van der Waals surface area (Å²) in [4.78, 5) is 24.7. The topological polar surface area (TPSA) is 112 Å². The van der Waals surface area contributed by atoms with Gasteiger partial charge in [-0.1, -0.05) is 0 Å². The van der Waals surface area contributed by atoms with Crippen molar-refractivity contribution in [3.05, 3.63) is 60.7 Å². The number of anilines is 4. The number of hydrogen-bond acceptors (Lipinski definition) is 10. The molecule has 0 aromatic carbocycles. The summed E-state index contributed by atoms with van der Waals surface area (Å²) < 4.78 is 1.93. The molecule has 0 saturated carbocycles. The molecule has 4 saturated heterocycles. The van der Waals surface area contributed by atoms with Gasteiger partial charge in [-0.3, -0.25) is 9.97 Å². The number of hydrogen-bond donors (Lipinski definition) is 3. The van der Waals surface area contributed by atoms with E-state index in [0.717, 1.165) is 70.5 Å². The monoisotopic (exact) mass is 629 g/mol. The van der Waals surface area contributed by atoms with Crippen LogP contribution in [0.15, 0.2) is 55.0 Å². The largest absolute Gasteiger partial charge is 0.367 e. The Hall–Kier alpha value is -4.35. The maximum Gasteiger partial charge on any atom is 0.154 e.